The molecule has 5 rings (SSSR count). The van der Waals surface area contributed by atoms with Crippen LogP contribution in [0.4, 0.5) is 0 Å². The SMILES string of the molecule is COC(=O)[C@H]1C(C2C=CC=CC2)[C@@]2(c3c#cc(OC)cc3)Oc3cc(OCCCCN)cc(OC)c3[C@@]2(O)[C@H]1O. The lowest BCUT2D eigenvalue weighted by atomic mass is 9.67. The molecule has 1 fully saturated rings. The summed E-state index contributed by atoms with van der Waals surface area (Å²) in [6, 6.07) is 12.8. The molecule has 0 spiro atoms. The zero-order chi connectivity index (χ0) is 28.5. The number of carbonyl (C=O) groups is 1. The van der Waals surface area contributed by atoms with Crippen LogP contribution < -0.4 is 24.7 Å². The summed E-state index contributed by atoms with van der Waals surface area (Å²) in [5.41, 5.74) is 2.45. The highest BCUT2D eigenvalue weighted by atomic mass is 16.6. The van der Waals surface area contributed by atoms with Crippen LogP contribution in [0.15, 0.2) is 48.6 Å². The first-order chi connectivity index (χ1) is 19.4. The molecule has 1 heterocycles. The number of benzene rings is 1. The number of nitrogens with two attached hydrogens (primary N) is 1. The fraction of sp³-hybridized carbons (Fsp3) is 0.452. The van der Waals surface area contributed by atoms with Gasteiger partial charge in [-0.3, -0.25) is 4.79 Å². The molecule has 40 heavy (non-hydrogen) atoms. The van der Waals surface area contributed by atoms with E-state index < -0.39 is 35.1 Å². The van der Waals surface area contributed by atoms with E-state index >= 15 is 0 Å². The van der Waals surface area contributed by atoms with E-state index in [4.69, 9.17) is 29.4 Å². The number of hydrogen-bond donors (Lipinski definition) is 3. The number of carbonyl (C=O) groups excluding carboxylic acids is 1. The van der Waals surface area contributed by atoms with Gasteiger partial charge in [-0.1, -0.05) is 30.4 Å². The van der Waals surface area contributed by atoms with Gasteiger partial charge >= 0.3 is 5.97 Å². The Morgan fingerprint density at radius 3 is 2.60 bits per heavy atom. The van der Waals surface area contributed by atoms with Crippen LogP contribution in [-0.2, 0) is 20.7 Å². The Kier molecular flexibility index (Phi) is 7.69. The minimum Gasteiger partial charge on any atom is -0.496 e. The zero-order valence-corrected chi connectivity index (χ0v) is 22.9. The van der Waals surface area contributed by atoms with Gasteiger partial charge in [0.1, 0.15) is 23.4 Å². The van der Waals surface area contributed by atoms with Gasteiger partial charge in [0.05, 0.1) is 39.4 Å². The number of rotatable bonds is 10. The summed E-state index contributed by atoms with van der Waals surface area (Å²) >= 11 is 0. The van der Waals surface area contributed by atoms with Crippen molar-refractivity contribution >= 4 is 5.97 Å². The second kappa shape index (κ2) is 11.0. The summed E-state index contributed by atoms with van der Waals surface area (Å²) < 4.78 is 29.0. The van der Waals surface area contributed by atoms with Gasteiger partial charge in [0.2, 0.25) is 0 Å². The molecule has 0 saturated heterocycles. The lowest BCUT2D eigenvalue weighted by molar-refractivity contribution is -0.163. The van der Waals surface area contributed by atoms with Gasteiger partial charge in [0.25, 0.3) is 0 Å². The van der Waals surface area contributed by atoms with E-state index in [1.165, 1.54) is 21.3 Å². The van der Waals surface area contributed by atoms with E-state index in [1.807, 2.05) is 24.3 Å². The maximum Gasteiger partial charge on any atom is 0.311 e. The number of allylic oxidation sites excluding steroid dienone is 4. The Balaban J connectivity index is 1.74. The molecule has 0 radical (unpaired) electrons. The topological polar surface area (TPSA) is 130 Å². The Morgan fingerprint density at radius 2 is 1.98 bits per heavy atom. The number of aliphatic hydroxyl groups excluding tert-OH is 1. The van der Waals surface area contributed by atoms with Crippen LogP contribution in [0.5, 0.6) is 23.0 Å². The Bertz CT molecular complexity index is 1290. The maximum atomic E-state index is 13.3. The fourth-order valence-electron chi connectivity index (χ4n) is 6.53. The lowest BCUT2D eigenvalue weighted by Gasteiger charge is -2.42. The molecule has 2 aromatic carbocycles. The van der Waals surface area contributed by atoms with Gasteiger partial charge in [-0.2, -0.15) is 0 Å². The second-order valence-electron chi connectivity index (χ2n) is 10.2. The number of aliphatic hydroxyl groups is 2. The van der Waals surface area contributed by atoms with Gasteiger partial charge in [-0.15, -0.1) is 0 Å². The second-order valence-corrected chi connectivity index (χ2v) is 10.2. The molecule has 212 valence electrons. The van der Waals surface area contributed by atoms with E-state index in [9.17, 15) is 15.0 Å². The lowest BCUT2D eigenvalue weighted by Crippen LogP contribution is -2.53. The molecule has 6 atom stereocenters. The predicted octanol–water partition coefficient (Wildman–Crippen LogP) is 2.81. The first-order valence-corrected chi connectivity index (χ1v) is 13.4. The standard InChI is InChI=1S/C31H35NO8/c1-36-21-13-11-20(12-14-21)31-26(19-9-5-4-6-10-19)25(29(34)38-3)28(33)30(31,35)27-23(37-2)17-22(18-24(27)40-31)39-16-8-7-15-32/h4-6,9,11,13,17-19,25-26,28,33,35H,7-8,10,15-16,32H2,1-3H3/t19?,25-,26?,28-,30+,31+/m0/s1. The summed E-state index contributed by atoms with van der Waals surface area (Å²) in [4.78, 5) is 13.3. The number of fused-ring (bicyclic) bond motifs is 3. The first kappa shape index (κ1) is 27.8. The molecular formula is C31H35NO8. The molecule has 0 bridgehead atoms. The molecule has 3 aliphatic rings. The first-order valence-electron chi connectivity index (χ1n) is 13.4. The van der Waals surface area contributed by atoms with Crippen molar-refractivity contribution in [2.75, 3.05) is 34.5 Å². The molecule has 2 unspecified atom stereocenters. The highest BCUT2D eigenvalue weighted by Crippen LogP contribution is 2.69. The third-order valence-corrected chi connectivity index (χ3v) is 8.26. The molecule has 0 aromatic heterocycles. The van der Waals surface area contributed by atoms with Crippen LogP contribution in [-0.4, -0.2) is 56.8 Å². The van der Waals surface area contributed by atoms with Crippen molar-refractivity contribution in [3.8, 4) is 23.0 Å². The van der Waals surface area contributed by atoms with Crippen molar-refractivity contribution in [1.29, 1.82) is 0 Å². The van der Waals surface area contributed by atoms with Gasteiger partial charge in [0.15, 0.2) is 17.0 Å². The highest BCUT2D eigenvalue weighted by molar-refractivity contribution is 5.77. The average molecular weight is 550 g/mol. The van der Waals surface area contributed by atoms with E-state index in [2.05, 4.69) is 12.1 Å². The average Bonchev–Trinajstić information content (AvgIpc) is 3.37. The number of unbranched alkanes of at least 4 members (excludes halogenated alkanes) is 1. The predicted molar refractivity (Wildman–Crippen MR) is 145 cm³/mol. The third-order valence-electron chi connectivity index (χ3n) is 8.26. The minimum absolute atomic E-state index is 0.229. The summed E-state index contributed by atoms with van der Waals surface area (Å²) in [5.74, 6) is -1.37. The molecule has 0 amide bonds. The van der Waals surface area contributed by atoms with E-state index in [0.717, 1.165) is 12.8 Å². The van der Waals surface area contributed by atoms with Crippen molar-refractivity contribution < 1.29 is 38.7 Å². The monoisotopic (exact) mass is 549 g/mol. The van der Waals surface area contributed by atoms with Crippen molar-refractivity contribution in [2.45, 2.75) is 36.6 Å². The van der Waals surface area contributed by atoms with E-state index in [-0.39, 0.29) is 23.0 Å². The van der Waals surface area contributed by atoms with Gasteiger partial charge < -0.3 is 39.6 Å². The Labute approximate surface area is 234 Å². The molecular weight excluding hydrogens is 514 g/mol. The summed E-state index contributed by atoms with van der Waals surface area (Å²) in [6.45, 7) is 1.00. The molecule has 9 heteroatoms. The number of ether oxygens (including phenoxy) is 5. The molecule has 1 aliphatic heterocycles. The fourth-order valence-corrected chi connectivity index (χ4v) is 6.53. The molecule has 9 nitrogen and oxygen atoms in total. The van der Waals surface area contributed by atoms with Crippen LogP contribution in [0.25, 0.3) is 0 Å². The van der Waals surface area contributed by atoms with Crippen LogP contribution in [0.2, 0.25) is 0 Å². The number of hydrogen-bond acceptors (Lipinski definition) is 9. The van der Waals surface area contributed by atoms with Gasteiger partial charge in [-0.05, 0) is 49.9 Å². The van der Waals surface area contributed by atoms with Crippen LogP contribution in [0.1, 0.15) is 30.4 Å². The third kappa shape index (κ3) is 4.10. The van der Waals surface area contributed by atoms with Crippen molar-refractivity contribution in [1.82, 2.24) is 0 Å². The Hall–Kier alpha value is -3.71. The minimum atomic E-state index is -2.12. The highest BCUT2D eigenvalue weighted by Gasteiger charge is 2.79. The zero-order valence-electron chi connectivity index (χ0n) is 22.9. The molecule has 2 aromatic rings. The van der Waals surface area contributed by atoms with Gasteiger partial charge in [0, 0.05) is 23.6 Å². The quantitative estimate of drug-likeness (QED) is 0.303. The van der Waals surface area contributed by atoms with Crippen LogP contribution in [0, 0.1) is 29.9 Å². The summed E-state index contributed by atoms with van der Waals surface area (Å²) in [5, 5.41) is 24.8. The van der Waals surface area contributed by atoms with Crippen molar-refractivity contribution in [3.63, 3.8) is 0 Å². The van der Waals surface area contributed by atoms with Crippen LogP contribution in [0.3, 0.4) is 0 Å². The largest absolute Gasteiger partial charge is 0.496 e. The van der Waals surface area contributed by atoms with Crippen LogP contribution >= 0.6 is 0 Å². The smallest absolute Gasteiger partial charge is 0.311 e. The van der Waals surface area contributed by atoms with Gasteiger partial charge in [-0.25, -0.2) is 0 Å². The summed E-state index contributed by atoms with van der Waals surface area (Å²) in [6.07, 6.45) is 8.29. The van der Waals surface area contributed by atoms with E-state index in [1.54, 1.807) is 24.3 Å². The Morgan fingerprint density at radius 1 is 1.15 bits per heavy atom. The van der Waals surface area contributed by atoms with Crippen molar-refractivity contribution in [3.05, 3.63) is 71.8 Å². The summed E-state index contributed by atoms with van der Waals surface area (Å²) in [7, 11) is 4.25. The van der Waals surface area contributed by atoms with E-state index in [0.29, 0.717) is 36.6 Å². The normalized spacial score (nSPS) is 29.6. The number of esters is 1. The van der Waals surface area contributed by atoms with Crippen molar-refractivity contribution in [2.24, 2.45) is 23.5 Å². The molecule has 2 aliphatic carbocycles. The maximum absolute atomic E-state index is 13.3. The molecule has 1 saturated carbocycles. The molecule has 4 N–H and O–H groups in total. The number of methoxy groups -OCH3 is 3.